The summed E-state index contributed by atoms with van der Waals surface area (Å²) in [6, 6.07) is 14.8. The molecule has 1 N–H and O–H groups in total. The number of ether oxygens (including phenoxy) is 2. The summed E-state index contributed by atoms with van der Waals surface area (Å²) in [7, 11) is 0. The molecule has 4 heteroatoms. The van der Waals surface area contributed by atoms with Crippen LogP contribution < -0.4 is 9.47 Å². The molecular formula is C18H20O4. The van der Waals surface area contributed by atoms with Gasteiger partial charge in [-0.05, 0) is 37.6 Å². The van der Waals surface area contributed by atoms with Gasteiger partial charge >= 0.3 is 5.97 Å². The van der Waals surface area contributed by atoms with E-state index in [9.17, 15) is 9.90 Å². The molecule has 0 amide bonds. The minimum atomic E-state index is -0.994. The van der Waals surface area contributed by atoms with Gasteiger partial charge in [0.2, 0.25) is 0 Å². The monoisotopic (exact) mass is 300 g/mol. The average Bonchev–Trinajstić information content (AvgIpc) is 2.50. The van der Waals surface area contributed by atoms with Crippen LogP contribution in [0.5, 0.6) is 11.5 Å². The van der Waals surface area contributed by atoms with Gasteiger partial charge in [0.05, 0.1) is 6.61 Å². The Kier molecular flexibility index (Phi) is 5.42. The van der Waals surface area contributed by atoms with Crippen LogP contribution in [0.1, 0.15) is 18.1 Å². The molecule has 0 saturated carbocycles. The number of aryl methyl sites for hydroxylation is 1. The summed E-state index contributed by atoms with van der Waals surface area (Å²) in [5.41, 5.74) is 1.92. The second-order valence-electron chi connectivity index (χ2n) is 5.00. The van der Waals surface area contributed by atoms with Crippen molar-refractivity contribution in [3.63, 3.8) is 0 Å². The van der Waals surface area contributed by atoms with Crippen LogP contribution in [0.4, 0.5) is 0 Å². The zero-order valence-corrected chi connectivity index (χ0v) is 12.8. The minimum absolute atomic E-state index is 0.249. The first-order valence-corrected chi connectivity index (χ1v) is 7.27. The molecule has 0 fully saturated rings. The number of carboxylic acid groups (broad SMARTS) is 1. The molecule has 116 valence electrons. The number of benzene rings is 2. The van der Waals surface area contributed by atoms with Crippen LogP contribution in [0.3, 0.4) is 0 Å². The highest BCUT2D eigenvalue weighted by Crippen LogP contribution is 2.22. The fraction of sp³-hybridized carbons (Fsp3) is 0.278. The van der Waals surface area contributed by atoms with Gasteiger partial charge < -0.3 is 14.6 Å². The van der Waals surface area contributed by atoms with Crippen LogP contribution >= 0.6 is 0 Å². The molecule has 1 atom stereocenters. The number of para-hydroxylation sites is 1. The van der Waals surface area contributed by atoms with E-state index >= 15 is 0 Å². The highest BCUT2D eigenvalue weighted by molar-refractivity contribution is 5.73. The molecule has 1 unspecified atom stereocenters. The summed E-state index contributed by atoms with van der Waals surface area (Å²) >= 11 is 0. The lowest BCUT2D eigenvalue weighted by molar-refractivity contribution is -0.145. The van der Waals surface area contributed by atoms with Crippen molar-refractivity contribution in [1.82, 2.24) is 0 Å². The van der Waals surface area contributed by atoms with Gasteiger partial charge in [-0.15, -0.1) is 0 Å². The summed E-state index contributed by atoms with van der Waals surface area (Å²) in [5, 5.41) is 9.41. The molecule has 0 aliphatic heterocycles. The zero-order chi connectivity index (χ0) is 15.9. The normalized spacial score (nSPS) is 11.7. The first kappa shape index (κ1) is 15.9. The van der Waals surface area contributed by atoms with Crippen LogP contribution in [-0.2, 0) is 11.2 Å². The van der Waals surface area contributed by atoms with E-state index in [1.807, 2.05) is 50.2 Å². The van der Waals surface area contributed by atoms with Crippen molar-refractivity contribution in [3.8, 4) is 11.5 Å². The second-order valence-corrected chi connectivity index (χ2v) is 5.00. The molecule has 0 heterocycles. The summed E-state index contributed by atoms with van der Waals surface area (Å²) in [6.45, 7) is 4.40. The van der Waals surface area contributed by atoms with Crippen molar-refractivity contribution in [2.45, 2.75) is 26.4 Å². The van der Waals surface area contributed by atoms with Crippen molar-refractivity contribution in [3.05, 3.63) is 59.7 Å². The van der Waals surface area contributed by atoms with E-state index in [-0.39, 0.29) is 6.42 Å². The van der Waals surface area contributed by atoms with E-state index in [4.69, 9.17) is 9.47 Å². The van der Waals surface area contributed by atoms with Crippen LogP contribution in [0.2, 0.25) is 0 Å². The average molecular weight is 300 g/mol. The predicted octanol–water partition coefficient (Wildman–Crippen LogP) is 3.47. The van der Waals surface area contributed by atoms with Crippen molar-refractivity contribution >= 4 is 5.97 Å². The van der Waals surface area contributed by atoms with Crippen LogP contribution in [0.15, 0.2) is 48.5 Å². The molecule has 0 aliphatic carbocycles. The maximum Gasteiger partial charge on any atom is 0.345 e. The van der Waals surface area contributed by atoms with E-state index in [1.54, 1.807) is 12.1 Å². The van der Waals surface area contributed by atoms with Gasteiger partial charge in [-0.3, -0.25) is 0 Å². The first-order valence-electron chi connectivity index (χ1n) is 7.27. The van der Waals surface area contributed by atoms with Crippen molar-refractivity contribution in [1.29, 1.82) is 0 Å². The largest absolute Gasteiger partial charge is 0.494 e. The number of carboxylic acids is 1. The lowest BCUT2D eigenvalue weighted by Gasteiger charge is -2.17. The summed E-state index contributed by atoms with van der Waals surface area (Å²) in [4.78, 5) is 11.5. The third-order valence-electron chi connectivity index (χ3n) is 3.25. The third-order valence-corrected chi connectivity index (χ3v) is 3.25. The molecule has 0 bridgehead atoms. The Balaban J connectivity index is 2.15. The first-order chi connectivity index (χ1) is 10.6. The van der Waals surface area contributed by atoms with Crippen molar-refractivity contribution in [2.24, 2.45) is 0 Å². The fourth-order valence-corrected chi connectivity index (χ4v) is 2.13. The SMILES string of the molecule is CCOc1ccccc1CC(Oc1ccc(C)cc1)C(=O)O. The summed E-state index contributed by atoms with van der Waals surface area (Å²) in [6.07, 6.45) is -0.705. The lowest BCUT2D eigenvalue weighted by Crippen LogP contribution is -2.29. The van der Waals surface area contributed by atoms with Crippen molar-refractivity contribution < 1.29 is 19.4 Å². The maximum absolute atomic E-state index is 11.5. The van der Waals surface area contributed by atoms with Crippen LogP contribution in [-0.4, -0.2) is 23.8 Å². The molecule has 0 saturated heterocycles. The van der Waals surface area contributed by atoms with Crippen LogP contribution in [0, 0.1) is 6.92 Å². The number of hydrogen-bond donors (Lipinski definition) is 1. The van der Waals surface area contributed by atoms with Gasteiger partial charge in [0.1, 0.15) is 11.5 Å². The van der Waals surface area contributed by atoms with Gasteiger partial charge in [-0.1, -0.05) is 35.9 Å². The Morgan fingerprint density at radius 3 is 2.45 bits per heavy atom. The van der Waals surface area contributed by atoms with Gasteiger partial charge in [-0.25, -0.2) is 4.79 Å². The molecule has 2 aromatic carbocycles. The van der Waals surface area contributed by atoms with E-state index in [0.717, 1.165) is 11.1 Å². The molecule has 22 heavy (non-hydrogen) atoms. The number of hydrogen-bond acceptors (Lipinski definition) is 3. The topological polar surface area (TPSA) is 55.8 Å². The smallest absolute Gasteiger partial charge is 0.345 e. The van der Waals surface area contributed by atoms with Gasteiger partial charge in [0.25, 0.3) is 0 Å². The van der Waals surface area contributed by atoms with Gasteiger partial charge in [-0.2, -0.15) is 0 Å². The second kappa shape index (κ2) is 7.50. The number of carbonyl (C=O) groups is 1. The third kappa shape index (κ3) is 4.25. The van der Waals surface area contributed by atoms with Crippen molar-refractivity contribution in [2.75, 3.05) is 6.61 Å². The van der Waals surface area contributed by atoms with E-state index in [0.29, 0.717) is 18.1 Å². The Morgan fingerprint density at radius 1 is 1.14 bits per heavy atom. The van der Waals surface area contributed by atoms with E-state index in [1.165, 1.54) is 0 Å². The highest BCUT2D eigenvalue weighted by atomic mass is 16.5. The lowest BCUT2D eigenvalue weighted by atomic mass is 10.1. The molecule has 0 aliphatic rings. The standard InChI is InChI=1S/C18H20O4/c1-3-21-16-7-5-4-6-14(16)12-17(18(19)20)22-15-10-8-13(2)9-11-15/h4-11,17H,3,12H2,1-2H3,(H,19,20). The zero-order valence-electron chi connectivity index (χ0n) is 12.8. The maximum atomic E-state index is 11.5. The summed E-state index contributed by atoms with van der Waals surface area (Å²) in [5.74, 6) is 0.252. The molecule has 0 radical (unpaired) electrons. The predicted molar refractivity (Wildman–Crippen MR) is 84.5 cm³/mol. The van der Waals surface area contributed by atoms with Gasteiger partial charge in [0.15, 0.2) is 6.10 Å². The minimum Gasteiger partial charge on any atom is -0.494 e. The summed E-state index contributed by atoms with van der Waals surface area (Å²) < 4.78 is 11.1. The van der Waals surface area contributed by atoms with Gasteiger partial charge in [0, 0.05) is 6.42 Å². The molecule has 0 aromatic heterocycles. The van der Waals surface area contributed by atoms with Crippen LogP contribution in [0.25, 0.3) is 0 Å². The Bertz CT molecular complexity index is 619. The molecule has 2 rings (SSSR count). The quantitative estimate of drug-likeness (QED) is 0.850. The molecular weight excluding hydrogens is 280 g/mol. The number of aliphatic carboxylic acids is 1. The Labute approximate surface area is 130 Å². The molecule has 2 aromatic rings. The number of rotatable bonds is 7. The van der Waals surface area contributed by atoms with E-state index in [2.05, 4.69) is 0 Å². The highest BCUT2D eigenvalue weighted by Gasteiger charge is 2.21. The molecule has 4 nitrogen and oxygen atoms in total. The Morgan fingerprint density at radius 2 is 1.82 bits per heavy atom. The fourth-order valence-electron chi connectivity index (χ4n) is 2.13. The van der Waals surface area contributed by atoms with E-state index < -0.39 is 12.1 Å². The Hall–Kier alpha value is -2.49. The molecule has 0 spiro atoms.